The van der Waals surface area contributed by atoms with E-state index in [1.165, 1.54) is 0 Å². The van der Waals surface area contributed by atoms with Gasteiger partial charge in [0.2, 0.25) is 0 Å². The maximum atomic E-state index is 5.82. The number of hydrogen-bond acceptors (Lipinski definition) is 2. The molecule has 3 heteroatoms. The summed E-state index contributed by atoms with van der Waals surface area (Å²) in [5.41, 5.74) is -0.0221. The molecule has 1 rings (SSSR count). The fourth-order valence-electron chi connectivity index (χ4n) is 1.58. The lowest BCUT2D eigenvalue weighted by Gasteiger charge is -2.39. The monoisotopic (exact) mass is 217 g/mol. The summed E-state index contributed by atoms with van der Waals surface area (Å²) in [5, 5.41) is 3.99. The van der Waals surface area contributed by atoms with Crippen LogP contribution in [-0.2, 0) is 4.74 Å². The summed E-state index contributed by atoms with van der Waals surface area (Å²) in [7, 11) is 0. The summed E-state index contributed by atoms with van der Waals surface area (Å²) < 4.78 is 5.82. The SMILES string of the molecule is C=C(Cl)CNC1CC(OC(C)(C)C)C1. The van der Waals surface area contributed by atoms with Crippen molar-refractivity contribution >= 4 is 11.6 Å². The molecular weight excluding hydrogens is 198 g/mol. The van der Waals surface area contributed by atoms with Gasteiger partial charge in [0.15, 0.2) is 0 Å². The molecule has 0 saturated heterocycles. The smallest absolute Gasteiger partial charge is 0.0612 e. The molecule has 0 heterocycles. The molecule has 0 amide bonds. The molecule has 0 aromatic heterocycles. The highest BCUT2D eigenvalue weighted by molar-refractivity contribution is 6.29. The highest BCUT2D eigenvalue weighted by Gasteiger charge is 2.32. The molecule has 0 aromatic carbocycles. The van der Waals surface area contributed by atoms with Gasteiger partial charge in [-0.05, 0) is 33.6 Å². The zero-order valence-electron chi connectivity index (χ0n) is 9.27. The lowest BCUT2D eigenvalue weighted by atomic mass is 9.88. The summed E-state index contributed by atoms with van der Waals surface area (Å²) in [4.78, 5) is 0. The molecule has 14 heavy (non-hydrogen) atoms. The normalized spacial score (nSPS) is 27.1. The second-order valence-corrected chi connectivity index (χ2v) is 5.45. The Hall–Kier alpha value is -0.0500. The van der Waals surface area contributed by atoms with Crippen LogP contribution in [0.3, 0.4) is 0 Å². The van der Waals surface area contributed by atoms with Crippen molar-refractivity contribution in [3.63, 3.8) is 0 Å². The Morgan fingerprint density at radius 1 is 1.50 bits per heavy atom. The van der Waals surface area contributed by atoms with E-state index in [4.69, 9.17) is 16.3 Å². The highest BCUT2D eigenvalue weighted by atomic mass is 35.5. The van der Waals surface area contributed by atoms with Gasteiger partial charge in [0.05, 0.1) is 11.7 Å². The standard InChI is InChI=1S/C11H20ClNO/c1-8(12)7-13-9-5-10(6-9)14-11(2,3)4/h9-10,13H,1,5-7H2,2-4H3. The molecule has 1 saturated carbocycles. The molecular formula is C11H20ClNO. The molecule has 1 aliphatic rings. The van der Waals surface area contributed by atoms with E-state index >= 15 is 0 Å². The Morgan fingerprint density at radius 3 is 2.50 bits per heavy atom. The van der Waals surface area contributed by atoms with Gasteiger partial charge in [-0.2, -0.15) is 0 Å². The predicted molar refractivity (Wildman–Crippen MR) is 60.6 cm³/mol. The van der Waals surface area contributed by atoms with E-state index in [-0.39, 0.29) is 5.60 Å². The molecule has 0 spiro atoms. The van der Waals surface area contributed by atoms with E-state index in [0.29, 0.717) is 23.7 Å². The minimum Gasteiger partial charge on any atom is -0.373 e. The van der Waals surface area contributed by atoms with Gasteiger partial charge in [0.1, 0.15) is 0 Å². The van der Waals surface area contributed by atoms with Crippen LogP contribution < -0.4 is 5.32 Å². The molecule has 1 aliphatic carbocycles. The Balaban J connectivity index is 2.09. The van der Waals surface area contributed by atoms with E-state index in [2.05, 4.69) is 32.7 Å². The molecule has 1 fully saturated rings. The Morgan fingerprint density at radius 2 is 2.07 bits per heavy atom. The van der Waals surface area contributed by atoms with Gasteiger partial charge < -0.3 is 10.1 Å². The molecule has 0 aliphatic heterocycles. The number of nitrogens with one attached hydrogen (secondary N) is 1. The van der Waals surface area contributed by atoms with Crippen LogP contribution >= 0.6 is 11.6 Å². The van der Waals surface area contributed by atoms with E-state index < -0.39 is 0 Å². The molecule has 82 valence electrons. The lowest BCUT2D eigenvalue weighted by molar-refractivity contribution is -0.102. The fourth-order valence-corrected chi connectivity index (χ4v) is 1.66. The largest absolute Gasteiger partial charge is 0.373 e. The van der Waals surface area contributed by atoms with Gasteiger partial charge in [-0.25, -0.2) is 0 Å². The predicted octanol–water partition coefficient (Wildman–Crippen LogP) is 2.67. The molecule has 0 unspecified atom stereocenters. The number of rotatable bonds is 4. The van der Waals surface area contributed by atoms with Crippen molar-refractivity contribution < 1.29 is 4.74 Å². The molecule has 0 bridgehead atoms. The molecule has 1 N–H and O–H groups in total. The minimum atomic E-state index is -0.0221. The molecule has 2 nitrogen and oxygen atoms in total. The first kappa shape index (κ1) is 12.0. The van der Waals surface area contributed by atoms with Gasteiger partial charge >= 0.3 is 0 Å². The van der Waals surface area contributed by atoms with E-state index in [1.54, 1.807) is 0 Å². The summed E-state index contributed by atoms with van der Waals surface area (Å²) in [6.07, 6.45) is 2.58. The first-order chi connectivity index (χ1) is 6.37. The topological polar surface area (TPSA) is 21.3 Å². The molecule has 0 aromatic rings. The lowest BCUT2D eigenvalue weighted by Crippen LogP contribution is -2.48. The summed E-state index contributed by atoms with van der Waals surface area (Å²) in [6.45, 7) is 10.6. The zero-order valence-corrected chi connectivity index (χ0v) is 10.0. The molecule has 0 atom stereocenters. The van der Waals surface area contributed by atoms with Crippen molar-refractivity contribution in [1.82, 2.24) is 5.32 Å². The van der Waals surface area contributed by atoms with Crippen LogP contribution in [0.4, 0.5) is 0 Å². The van der Waals surface area contributed by atoms with Crippen molar-refractivity contribution in [2.24, 2.45) is 0 Å². The van der Waals surface area contributed by atoms with Gasteiger partial charge in [0, 0.05) is 17.6 Å². The quantitative estimate of drug-likeness (QED) is 0.782. The van der Waals surface area contributed by atoms with Gasteiger partial charge in [-0.15, -0.1) is 0 Å². The molecule has 0 radical (unpaired) electrons. The van der Waals surface area contributed by atoms with Crippen LogP contribution in [0.1, 0.15) is 33.6 Å². The van der Waals surface area contributed by atoms with Crippen LogP contribution in [0, 0.1) is 0 Å². The maximum absolute atomic E-state index is 5.82. The Bertz CT molecular complexity index is 204. The van der Waals surface area contributed by atoms with Gasteiger partial charge in [-0.1, -0.05) is 18.2 Å². The zero-order chi connectivity index (χ0) is 10.8. The van der Waals surface area contributed by atoms with Crippen molar-refractivity contribution in [2.75, 3.05) is 6.54 Å². The van der Waals surface area contributed by atoms with Crippen molar-refractivity contribution in [3.05, 3.63) is 11.6 Å². The summed E-state index contributed by atoms with van der Waals surface area (Å²) >= 11 is 5.66. The van der Waals surface area contributed by atoms with Crippen molar-refractivity contribution in [1.29, 1.82) is 0 Å². The highest BCUT2D eigenvalue weighted by Crippen LogP contribution is 2.27. The number of ether oxygens (including phenoxy) is 1. The first-order valence-electron chi connectivity index (χ1n) is 5.11. The number of halogens is 1. The van der Waals surface area contributed by atoms with E-state index in [9.17, 15) is 0 Å². The van der Waals surface area contributed by atoms with Gasteiger partial charge in [-0.3, -0.25) is 0 Å². The van der Waals surface area contributed by atoms with Crippen molar-refractivity contribution in [3.8, 4) is 0 Å². The van der Waals surface area contributed by atoms with E-state index in [1.807, 2.05) is 0 Å². The summed E-state index contributed by atoms with van der Waals surface area (Å²) in [5.74, 6) is 0. The third-order valence-electron chi connectivity index (χ3n) is 2.20. The second kappa shape index (κ2) is 4.65. The third kappa shape index (κ3) is 4.45. The Kier molecular flexibility index (Phi) is 3.99. The third-order valence-corrected chi connectivity index (χ3v) is 2.33. The van der Waals surface area contributed by atoms with Crippen LogP contribution in [0.25, 0.3) is 0 Å². The maximum Gasteiger partial charge on any atom is 0.0612 e. The van der Waals surface area contributed by atoms with Crippen LogP contribution in [0.5, 0.6) is 0 Å². The van der Waals surface area contributed by atoms with Crippen LogP contribution in [0.2, 0.25) is 0 Å². The second-order valence-electron chi connectivity index (χ2n) is 4.92. The average molecular weight is 218 g/mol. The van der Waals surface area contributed by atoms with Crippen LogP contribution in [0.15, 0.2) is 11.6 Å². The van der Waals surface area contributed by atoms with E-state index in [0.717, 1.165) is 12.8 Å². The minimum absolute atomic E-state index is 0.0221. The number of hydrogen-bond donors (Lipinski definition) is 1. The van der Waals surface area contributed by atoms with Crippen LogP contribution in [-0.4, -0.2) is 24.3 Å². The Labute approximate surface area is 91.7 Å². The summed E-state index contributed by atoms with van der Waals surface area (Å²) in [6, 6.07) is 0.554. The first-order valence-corrected chi connectivity index (χ1v) is 5.49. The van der Waals surface area contributed by atoms with Gasteiger partial charge in [0.25, 0.3) is 0 Å². The average Bonchev–Trinajstić information content (AvgIpc) is 1.90. The van der Waals surface area contributed by atoms with Crippen molar-refractivity contribution in [2.45, 2.75) is 51.4 Å². The fraction of sp³-hybridized carbons (Fsp3) is 0.818.